The van der Waals surface area contributed by atoms with Crippen molar-refractivity contribution in [2.75, 3.05) is 13.2 Å². The second kappa shape index (κ2) is 6.72. The predicted octanol–water partition coefficient (Wildman–Crippen LogP) is 2.54. The van der Waals surface area contributed by atoms with Crippen molar-refractivity contribution in [1.82, 2.24) is 4.90 Å². The SMILES string of the molecule is Cc1cc2oc(=O)cc(CN3CCCCC3CCO)c2cc1O. The van der Waals surface area contributed by atoms with Crippen LogP contribution in [0.15, 0.2) is 27.4 Å². The van der Waals surface area contributed by atoms with Crippen molar-refractivity contribution in [3.05, 3.63) is 39.7 Å². The smallest absolute Gasteiger partial charge is 0.336 e. The Bertz CT molecular complexity index is 751. The molecule has 1 atom stereocenters. The van der Waals surface area contributed by atoms with E-state index in [1.165, 1.54) is 12.5 Å². The van der Waals surface area contributed by atoms with Crippen molar-refractivity contribution in [2.24, 2.45) is 0 Å². The summed E-state index contributed by atoms with van der Waals surface area (Å²) in [6.45, 7) is 3.56. The summed E-state index contributed by atoms with van der Waals surface area (Å²) in [4.78, 5) is 14.2. The van der Waals surface area contributed by atoms with Gasteiger partial charge in [-0.05, 0) is 56.0 Å². The van der Waals surface area contributed by atoms with Gasteiger partial charge in [0.2, 0.25) is 0 Å². The van der Waals surface area contributed by atoms with Crippen LogP contribution in [-0.2, 0) is 6.54 Å². The minimum Gasteiger partial charge on any atom is -0.508 e. The molecule has 1 unspecified atom stereocenters. The largest absolute Gasteiger partial charge is 0.508 e. The van der Waals surface area contributed by atoms with Gasteiger partial charge in [-0.25, -0.2) is 4.79 Å². The molecule has 0 spiro atoms. The van der Waals surface area contributed by atoms with Gasteiger partial charge in [0.25, 0.3) is 0 Å². The Hall–Kier alpha value is -1.85. The summed E-state index contributed by atoms with van der Waals surface area (Å²) < 4.78 is 5.28. The van der Waals surface area contributed by atoms with Crippen molar-refractivity contribution < 1.29 is 14.6 Å². The van der Waals surface area contributed by atoms with Gasteiger partial charge in [-0.2, -0.15) is 0 Å². The summed E-state index contributed by atoms with van der Waals surface area (Å²) in [5, 5.41) is 20.0. The summed E-state index contributed by atoms with van der Waals surface area (Å²) >= 11 is 0. The first kappa shape index (κ1) is 16.0. The van der Waals surface area contributed by atoms with Gasteiger partial charge in [-0.1, -0.05) is 6.42 Å². The Morgan fingerprint density at radius 2 is 2.13 bits per heavy atom. The van der Waals surface area contributed by atoms with Gasteiger partial charge in [0.15, 0.2) is 0 Å². The van der Waals surface area contributed by atoms with Crippen LogP contribution in [0.1, 0.15) is 36.8 Å². The number of phenols is 1. The lowest BCUT2D eigenvalue weighted by atomic mass is 9.98. The molecule has 1 fully saturated rings. The highest BCUT2D eigenvalue weighted by Gasteiger charge is 2.23. The number of aromatic hydroxyl groups is 1. The molecule has 1 saturated heterocycles. The molecule has 124 valence electrons. The molecule has 1 aromatic carbocycles. The van der Waals surface area contributed by atoms with Crippen molar-refractivity contribution in [3.8, 4) is 5.75 Å². The fourth-order valence-corrected chi connectivity index (χ4v) is 3.46. The average molecular weight is 317 g/mol. The number of nitrogens with zero attached hydrogens (tertiary/aromatic N) is 1. The molecular weight excluding hydrogens is 294 g/mol. The number of likely N-dealkylation sites (tertiary alicyclic amines) is 1. The van der Waals surface area contributed by atoms with E-state index in [1.54, 1.807) is 19.1 Å². The van der Waals surface area contributed by atoms with Crippen LogP contribution >= 0.6 is 0 Å². The highest BCUT2D eigenvalue weighted by Crippen LogP contribution is 2.28. The number of aliphatic hydroxyl groups is 1. The Balaban J connectivity index is 1.98. The van der Waals surface area contributed by atoms with Crippen LogP contribution in [0.4, 0.5) is 0 Å². The van der Waals surface area contributed by atoms with E-state index < -0.39 is 0 Å². The molecule has 2 aromatic rings. The van der Waals surface area contributed by atoms with Crippen LogP contribution in [0.5, 0.6) is 5.75 Å². The summed E-state index contributed by atoms with van der Waals surface area (Å²) in [5.41, 5.74) is 1.71. The van der Waals surface area contributed by atoms with Crippen LogP contribution in [-0.4, -0.2) is 34.3 Å². The lowest BCUT2D eigenvalue weighted by molar-refractivity contribution is 0.113. The zero-order valence-corrected chi connectivity index (χ0v) is 13.4. The molecule has 1 aliphatic heterocycles. The number of phenolic OH excluding ortho intramolecular Hbond substituents is 1. The molecule has 0 amide bonds. The van der Waals surface area contributed by atoms with Crippen molar-refractivity contribution in [3.63, 3.8) is 0 Å². The van der Waals surface area contributed by atoms with Crippen LogP contribution < -0.4 is 5.63 Å². The highest BCUT2D eigenvalue weighted by molar-refractivity contribution is 5.82. The average Bonchev–Trinajstić information content (AvgIpc) is 2.51. The molecular formula is C18H23NO4. The maximum atomic E-state index is 11.9. The Morgan fingerprint density at radius 3 is 2.91 bits per heavy atom. The molecule has 1 aromatic heterocycles. The Morgan fingerprint density at radius 1 is 1.30 bits per heavy atom. The normalized spacial score (nSPS) is 19.3. The van der Waals surface area contributed by atoms with Gasteiger partial charge in [0, 0.05) is 30.6 Å². The van der Waals surface area contributed by atoms with Gasteiger partial charge < -0.3 is 14.6 Å². The van der Waals surface area contributed by atoms with Gasteiger partial charge in [-0.15, -0.1) is 0 Å². The minimum atomic E-state index is -0.367. The number of hydrogen-bond donors (Lipinski definition) is 2. The van der Waals surface area contributed by atoms with Crippen LogP contribution in [0.2, 0.25) is 0 Å². The Labute approximate surface area is 135 Å². The third kappa shape index (κ3) is 3.41. The maximum Gasteiger partial charge on any atom is 0.336 e. The summed E-state index contributed by atoms with van der Waals surface area (Å²) in [6.07, 6.45) is 4.14. The van der Waals surface area contributed by atoms with E-state index in [2.05, 4.69) is 4.90 Å². The quantitative estimate of drug-likeness (QED) is 0.848. The fourth-order valence-electron chi connectivity index (χ4n) is 3.46. The predicted molar refractivity (Wildman–Crippen MR) is 88.6 cm³/mol. The number of hydrogen-bond acceptors (Lipinski definition) is 5. The zero-order valence-electron chi connectivity index (χ0n) is 13.4. The Kier molecular flexibility index (Phi) is 4.68. The molecule has 2 N–H and O–H groups in total. The van der Waals surface area contributed by atoms with Crippen LogP contribution in [0.3, 0.4) is 0 Å². The molecule has 0 aliphatic carbocycles. The van der Waals surface area contributed by atoms with Gasteiger partial charge in [0.1, 0.15) is 11.3 Å². The first-order valence-electron chi connectivity index (χ1n) is 8.19. The van der Waals surface area contributed by atoms with Crippen molar-refractivity contribution in [1.29, 1.82) is 0 Å². The lowest BCUT2D eigenvalue weighted by Gasteiger charge is -2.35. The van der Waals surface area contributed by atoms with E-state index in [4.69, 9.17) is 4.42 Å². The monoisotopic (exact) mass is 317 g/mol. The number of rotatable bonds is 4. The van der Waals surface area contributed by atoms with Gasteiger partial charge >= 0.3 is 5.63 Å². The third-order valence-corrected chi connectivity index (χ3v) is 4.73. The first-order valence-corrected chi connectivity index (χ1v) is 8.19. The number of benzene rings is 1. The summed E-state index contributed by atoms with van der Waals surface area (Å²) in [7, 11) is 0. The number of piperidine rings is 1. The molecule has 1 aliphatic rings. The fraction of sp³-hybridized carbons (Fsp3) is 0.500. The topological polar surface area (TPSA) is 73.9 Å². The molecule has 0 saturated carbocycles. The number of aliphatic hydroxyl groups excluding tert-OH is 1. The molecule has 5 nitrogen and oxygen atoms in total. The second-order valence-corrected chi connectivity index (χ2v) is 6.36. The van der Waals surface area contributed by atoms with E-state index in [0.29, 0.717) is 23.7 Å². The van der Waals surface area contributed by atoms with E-state index in [9.17, 15) is 15.0 Å². The zero-order chi connectivity index (χ0) is 16.4. The van der Waals surface area contributed by atoms with Crippen molar-refractivity contribution in [2.45, 2.75) is 45.2 Å². The second-order valence-electron chi connectivity index (χ2n) is 6.36. The molecule has 23 heavy (non-hydrogen) atoms. The third-order valence-electron chi connectivity index (χ3n) is 4.73. The highest BCUT2D eigenvalue weighted by atomic mass is 16.4. The van der Waals surface area contributed by atoms with Crippen LogP contribution in [0, 0.1) is 6.92 Å². The summed E-state index contributed by atoms with van der Waals surface area (Å²) in [6, 6.07) is 5.24. The molecule has 2 heterocycles. The van der Waals surface area contributed by atoms with E-state index >= 15 is 0 Å². The van der Waals surface area contributed by atoms with Gasteiger partial charge in [0.05, 0.1) is 0 Å². The minimum absolute atomic E-state index is 0.179. The number of aryl methyl sites for hydroxylation is 1. The standard InChI is InChI=1S/C18H23NO4/c1-12-8-17-15(10-16(12)21)13(9-18(22)23-17)11-19-6-3-2-4-14(19)5-7-20/h8-10,14,20-21H,2-7,11H2,1H3. The van der Waals surface area contributed by atoms with Crippen molar-refractivity contribution >= 4 is 11.0 Å². The van der Waals surface area contributed by atoms with Crippen LogP contribution in [0.25, 0.3) is 11.0 Å². The lowest BCUT2D eigenvalue weighted by Crippen LogP contribution is -2.39. The van der Waals surface area contributed by atoms with E-state index in [0.717, 1.165) is 36.8 Å². The summed E-state index contributed by atoms with van der Waals surface area (Å²) in [5.74, 6) is 0.207. The van der Waals surface area contributed by atoms with Gasteiger partial charge in [-0.3, -0.25) is 4.90 Å². The first-order chi connectivity index (χ1) is 11.1. The maximum absolute atomic E-state index is 11.9. The van der Waals surface area contributed by atoms with E-state index in [1.807, 2.05) is 0 Å². The number of fused-ring (bicyclic) bond motifs is 1. The molecule has 0 radical (unpaired) electrons. The van der Waals surface area contributed by atoms with E-state index in [-0.39, 0.29) is 18.0 Å². The molecule has 0 bridgehead atoms. The molecule has 3 rings (SSSR count). The molecule has 5 heteroatoms.